The quantitative estimate of drug-likeness (QED) is 0.675. The molecule has 14 heavy (non-hydrogen) atoms. The standard InChI is InChI=1S/C12H21NO/c1-4-6-7-12(13-5-2)11-8-10(3)14-9-11/h1,10-13H,5-9H2,2-3H3. The molecule has 2 nitrogen and oxygen atoms in total. The zero-order valence-electron chi connectivity index (χ0n) is 9.25. The van der Waals surface area contributed by atoms with E-state index in [4.69, 9.17) is 11.2 Å². The van der Waals surface area contributed by atoms with Gasteiger partial charge in [-0.25, -0.2) is 0 Å². The summed E-state index contributed by atoms with van der Waals surface area (Å²) in [6, 6.07) is 0.543. The molecule has 0 radical (unpaired) electrons. The van der Waals surface area contributed by atoms with Gasteiger partial charge in [-0.3, -0.25) is 0 Å². The van der Waals surface area contributed by atoms with Crippen molar-refractivity contribution in [2.75, 3.05) is 13.2 Å². The van der Waals surface area contributed by atoms with E-state index >= 15 is 0 Å². The van der Waals surface area contributed by atoms with Crippen LogP contribution >= 0.6 is 0 Å². The summed E-state index contributed by atoms with van der Waals surface area (Å²) in [5.74, 6) is 3.36. The largest absolute Gasteiger partial charge is 0.378 e. The van der Waals surface area contributed by atoms with Crippen LogP contribution in [0.3, 0.4) is 0 Å². The number of terminal acetylenes is 1. The molecule has 1 aliphatic heterocycles. The lowest BCUT2D eigenvalue weighted by Gasteiger charge is -2.22. The van der Waals surface area contributed by atoms with Crippen LogP contribution in [0.1, 0.15) is 33.1 Å². The Morgan fingerprint density at radius 2 is 2.43 bits per heavy atom. The molecule has 1 heterocycles. The van der Waals surface area contributed by atoms with Gasteiger partial charge >= 0.3 is 0 Å². The summed E-state index contributed by atoms with van der Waals surface area (Å²) in [6.45, 7) is 6.19. The van der Waals surface area contributed by atoms with Gasteiger partial charge in [0.05, 0.1) is 12.7 Å². The molecule has 1 N–H and O–H groups in total. The van der Waals surface area contributed by atoms with Crippen LogP contribution in [0.4, 0.5) is 0 Å². The van der Waals surface area contributed by atoms with Crippen LogP contribution in [0.25, 0.3) is 0 Å². The molecule has 0 saturated carbocycles. The Morgan fingerprint density at radius 3 is 2.93 bits per heavy atom. The minimum absolute atomic E-state index is 0.423. The molecule has 3 unspecified atom stereocenters. The number of hydrogen-bond donors (Lipinski definition) is 1. The zero-order chi connectivity index (χ0) is 10.4. The fraction of sp³-hybridized carbons (Fsp3) is 0.833. The molecule has 0 aliphatic carbocycles. The van der Waals surface area contributed by atoms with Crippen LogP contribution in [0.2, 0.25) is 0 Å². The van der Waals surface area contributed by atoms with E-state index in [1.54, 1.807) is 0 Å². The van der Waals surface area contributed by atoms with Gasteiger partial charge in [-0.1, -0.05) is 6.92 Å². The van der Waals surface area contributed by atoms with Crippen LogP contribution < -0.4 is 5.32 Å². The van der Waals surface area contributed by atoms with E-state index in [-0.39, 0.29) is 0 Å². The van der Waals surface area contributed by atoms with Gasteiger partial charge in [0.2, 0.25) is 0 Å². The van der Waals surface area contributed by atoms with Crippen LogP contribution in [0.5, 0.6) is 0 Å². The predicted molar refractivity (Wildman–Crippen MR) is 59.1 cm³/mol. The highest BCUT2D eigenvalue weighted by molar-refractivity contribution is 4.89. The average Bonchev–Trinajstić information content (AvgIpc) is 2.59. The smallest absolute Gasteiger partial charge is 0.0551 e. The molecular formula is C12H21NO. The number of hydrogen-bond acceptors (Lipinski definition) is 2. The van der Waals surface area contributed by atoms with Crippen molar-refractivity contribution < 1.29 is 4.74 Å². The van der Waals surface area contributed by atoms with Crippen molar-refractivity contribution in [1.29, 1.82) is 0 Å². The third-order valence-corrected chi connectivity index (χ3v) is 2.86. The Morgan fingerprint density at radius 1 is 1.64 bits per heavy atom. The first-order valence-electron chi connectivity index (χ1n) is 5.56. The van der Waals surface area contributed by atoms with E-state index in [9.17, 15) is 0 Å². The maximum absolute atomic E-state index is 5.58. The van der Waals surface area contributed by atoms with E-state index in [1.807, 2.05) is 0 Å². The molecule has 2 heteroatoms. The minimum Gasteiger partial charge on any atom is -0.378 e. The summed E-state index contributed by atoms with van der Waals surface area (Å²) in [6.07, 6.45) is 8.82. The van der Waals surface area contributed by atoms with Crippen molar-refractivity contribution in [3.8, 4) is 12.3 Å². The fourth-order valence-electron chi connectivity index (χ4n) is 2.14. The van der Waals surface area contributed by atoms with Crippen molar-refractivity contribution in [2.45, 2.75) is 45.3 Å². The van der Waals surface area contributed by atoms with Gasteiger partial charge in [-0.15, -0.1) is 12.3 Å². The van der Waals surface area contributed by atoms with Crippen molar-refractivity contribution in [1.82, 2.24) is 5.32 Å². The predicted octanol–water partition coefficient (Wildman–Crippen LogP) is 1.80. The van der Waals surface area contributed by atoms with Gasteiger partial charge in [0.1, 0.15) is 0 Å². The molecular weight excluding hydrogens is 174 g/mol. The van der Waals surface area contributed by atoms with Crippen molar-refractivity contribution in [3.63, 3.8) is 0 Å². The first-order valence-corrected chi connectivity index (χ1v) is 5.56. The number of nitrogens with one attached hydrogen (secondary N) is 1. The first-order chi connectivity index (χ1) is 6.77. The molecule has 1 fully saturated rings. The molecule has 1 saturated heterocycles. The Bertz CT molecular complexity index is 197. The van der Waals surface area contributed by atoms with E-state index in [1.165, 1.54) is 6.42 Å². The maximum atomic E-state index is 5.58. The summed E-state index contributed by atoms with van der Waals surface area (Å²) < 4.78 is 5.58. The maximum Gasteiger partial charge on any atom is 0.0551 e. The molecule has 0 aromatic rings. The van der Waals surface area contributed by atoms with Gasteiger partial charge in [-0.05, 0) is 26.3 Å². The van der Waals surface area contributed by atoms with Crippen molar-refractivity contribution in [2.24, 2.45) is 5.92 Å². The third kappa shape index (κ3) is 3.32. The molecule has 3 atom stereocenters. The van der Waals surface area contributed by atoms with E-state index < -0.39 is 0 Å². The molecule has 0 aromatic heterocycles. The third-order valence-electron chi connectivity index (χ3n) is 2.86. The molecule has 1 aliphatic rings. The van der Waals surface area contributed by atoms with E-state index in [2.05, 4.69) is 25.1 Å². The summed E-state index contributed by atoms with van der Waals surface area (Å²) in [5.41, 5.74) is 0. The molecule has 0 aromatic carbocycles. The van der Waals surface area contributed by atoms with Gasteiger partial charge in [-0.2, -0.15) is 0 Å². The average molecular weight is 195 g/mol. The SMILES string of the molecule is C#CCCC(NCC)C1COC(C)C1. The fourth-order valence-corrected chi connectivity index (χ4v) is 2.14. The highest BCUT2D eigenvalue weighted by Gasteiger charge is 2.28. The van der Waals surface area contributed by atoms with Gasteiger partial charge in [0.15, 0.2) is 0 Å². The Labute approximate surface area is 87.4 Å². The first kappa shape index (κ1) is 11.6. The highest BCUT2D eigenvalue weighted by atomic mass is 16.5. The molecule has 80 valence electrons. The minimum atomic E-state index is 0.423. The van der Waals surface area contributed by atoms with Gasteiger partial charge in [0, 0.05) is 18.4 Å². The Kier molecular flexibility index (Phi) is 5.00. The molecule has 1 rings (SSSR count). The van der Waals surface area contributed by atoms with Crippen molar-refractivity contribution in [3.05, 3.63) is 0 Å². The van der Waals surface area contributed by atoms with Crippen LogP contribution in [-0.2, 0) is 4.74 Å². The summed E-state index contributed by atoms with van der Waals surface area (Å²) >= 11 is 0. The lowest BCUT2D eigenvalue weighted by Crippen LogP contribution is -2.36. The van der Waals surface area contributed by atoms with Crippen LogP contribution in [0.15, 0.2) is 0 Å². The summed E-state index contributed by atoms with van der Waals surface area (Å²) in [7, 11) is 0. The molecule has 0 spiro atoms. The monoisotopic (exact) mass is 195 g/mol. The van der Waals surface area contributed by atoms with Gasteiger partial charge in [0.25, 0.3) is 0 Å². The van der Waals surface area contributed by atoms with E-state index in [0.717, 1.165) is 26.0 Å². The topological polar surface area (TPSA) is 21.3 Å². The molecule has 0 bridgehead atoms. The normalized spacial score (nSPS) is 28.6. The molecule has 0 amide bonds. The zero-order valence-corrected chi connectivity index (χ0v) is 9.25. The summed E-state index contributed by atoms with van der Waals surface area (Å²) in [4.78, 5) is 0. The van der Waals surface area contributed by atoms with Crippen LogP contribution in [0, 0.1) is 18.3 Å². The van der Waals surface area contributed by atoms with Crippen LogP contribution in [-0.4, -0.2) is 25.3 Å². The number of ether oxygens (including phenoxy) is 1. The second-order valence-corrected chi connectivity index (χ2v) is 4.05. The Hall–Kier alpha value is -0.520. The second-order valence-electron chi connectivity index (χ2n) is 4.05. The summed E-state index contributed by atoms with van der Waals surface area (Å²) in [5, 5.41) is 3.50. The number of rotatable bonds is 5. The van der Waals surface area contributed by atoms with E-state index in [0.29, 0.717) is 18.1 Å². The highest BCUT2D eigenvalue weighted by Crippen LogP contribution is 2.24. The Balaban J connectivity index is 2.37. The lowest BCUT2D eigenvalue weighted by molar-refractivity contribution is 0.116. The second kappa shape index (κ2) is 6.06. The lowest BCUT2D eigenvalue weighted by atomic mass is 9.93. The van der Waals surface area contributed by atoms with Crippen molar-refractivity contribution >= 4 is 0 Å². The van der Waals surface area contributed by atoms with Gasteiger partial charge < -0.3 is 10.1 Å².